The molecule has 0 aromatic rings. The van der Waals surface area contributed by atoms with Crippen molar-refractivity contribution in [2.75, 3.05) is 13.1 Å². The number of halogens is 3. The van der Waals surface area contributed by atoms with Gasteiger partial charge >= 0.3 is 18.1 Å². The van der Waals surface area contributed by atoms with E-state index in [4.69, 9.17) is 5.11 Å². The normalized spacial score (nSPS) is 20.2. The number of likely N-dealkylation sites (tertiary alicyclic amines) is 1. The first-order valence-electron chi connectivity index (χ1n) is 5.74. The van der Waals surface area contributed by atoms with Gasteiger partial charge in [0.05, 0.1) is 11.0 Å². The van der Waals surface area contributed by atoms with Crippen LogP contribution in [0.3, 0.4) is 0 Å². The van der Waals surface area contributed by atoms with Crippen LogP contribution in [-0.4, -0.2) is 51.9 Å². The van der Waals surface area contributed by atoms with E-state index in [2.05, 4.69) is 0 Å². The maximum atomic E-state index is 12.2. The lowest BCUT2D eigenvalue weighted by Crippen LogP contribution is -2.57. The molecule has 1 fully saturated rings. The van der Waals surface area contributed by atoms with Gasteiger partial charge in [0.2, 0.25) is 0 Å². The van der Waals surface area contributed by atoms with Gasteiger partial charge in [0.1, 0.15) is 0 Å². The van der Waals surface area contributed by atoms with E-state index < -0.39 is 29.1 Å². The van der Waals surface area contributed by atoms with Crippen LogP contribution >= 0.6 is 0 Å². The van der Waals surface area contributed by atoms with Gasteiger partial charge in [-0.25, -0.2) is 0 Å². The van der Waals surface area contributed by atoms with E-state index in [9.17, 15) is 27.9 Å². The predicted octanol–water partition coefficient (Wildman–Crippen LogP) is 1.01. The Kier molecular flexibility index (Phi) is 3.86. The molecule has 0 bridgehead atoms. The van der Waals surface area contributed by atoms with Crippen molar-refractivity contribution in [2.24, 2.45) is 5.41 Å². The number of alkyl halides is 3. The number of piperidine rings is 1. The van der Waals surface area contributed by atoms with Crippen LogP contribution in [0.25, 0.3) is 0 Å². The van der Waals surface area contributed by atoms with Crippen LogP contribution < -0.4 is 0 Å². The largest absolute Gasteiger partial charge is 0.481 e. The summed E-state index contributed by atoms with van der Waals surface area (Å²) in [5, 5.41) is 19.3. The fraction of sp³-hybridized carbons (Fsp3) is 0.818. The number of carbonyl (C=O) groups is 2. The molecule has 0 aliphatic carbocycles. The SMILES string of the molecule is CC(C)(C(=O)O)C1(O)CCN(C(=O)C(F)(F)F)CC1. The zero-order chi connectivity index (χ0) is 15.1. The summed E-state index contributed by atoms with van der Waals surface area (Å²) in [7, 11) is 0. The first-order valence-corrected chi connectivity index (χ1v) is 5.74. The van der Waals surface area contributed by atoms with Crippen molar-refractivity contribution in [1.29, 1.82) is 0 Å². The van der Waals surface area contributed by atoms with Crippen LogP contribution in [0.15, 0.2) is 0 Å². The number of carbonyl (C=O) groups excluding carboxylic acids is 1. The zero-order valence-electron chi connectivity index (χ0n) is 10.6. The van der Waals surface area contributed by atoms with Crippen molar-refractivity contribution in [3.63, 3.8) is 0 Å². The van der Waals surface area contributed by atoms with Gasteiger partial charge in [-0.05, 0) is 26.7 Å². The molecule has 1 heterocycles. The standard InChI is InChI=1S/C11H16F3NO4/c1-9(2,8(17)18)10(19)3-5-15(6-4-10)7(16)11(12,13)14/h19H,3-6H2,1-2H3,(H,17,18). The van der Waals surface area contributed by atoms with E-state index in [1.807, 2.05) is 0 Å². The van der Waals surface area contributed by atoms with Crippen LogP contribution in [0.5, 0.6) is 0 Å². The molecule has 1 aliphatic rings. The van der Waals surface area contributed by atoms with Gasteiger partial charge in [-0.2, -0.15) is 13.2 Å². The van der Waals surface area contributed by atoms with Crippen molar-refractivity contribution in [1.82, 2.24) is 4.90 Å². The number of amides is 1. The summed E-state index contributed by atoms with van der Waals surface area (Å²) in [6, 6.07) is 0. The zero-order valence-corrected chi connectivity index (χ0v) is 10.6. The van der Waals surface area contributed by atoms with Crippen LogP contribution in [0, 0.1) is 5.41 Å². The van der Waals surface area contributed by atoms with E-state index >= 15 is 0 Å². The van der Waals surface area contributed by atoms with E-state index in [-0.39, 0.29) is 25.9 Å². The molecule has 1 saturated heterocycles. The second-order valence-electron chi connectivity index (χ2n) is 5.25. The average Bonchev–Trinajstić information content (AvgIpc) is 2.27. The van der Waals surface area contributed by atoms with Gasteiger partial charge in [0.15, 0.2) is 0 Å². The Labute approximate surface area is 108 Å². The molecule has 0 aromatic heterocycles. The smallest absolute Gasteiger partial charge is 0.471 e. The predicted molar refractivity (Wildman–Crippen MR) is 58.2 cm³/mol. The van der Waals surface area contributed by atoms with Gasteiger partial charge in [0, 0.05) is 13.1 Å². The Morgan fingerprint density at radius 3 is 1.89 bits per heavy atom. The third kappa shape index (κ3) is 2.83. The highest BCUT2D eigenvalue weighted by Crippen LogP contribution is 2.40. The maximum absolute atomic E-state index is 12.2. The fourth-order valence-electron chi connectivity index (χ4n) is 2.08. The molecular weight excluding hydrogens is 267 g/mol. The highest BCUT2D eigenvalue weighted by molar-refractivity contribution is 5.82. The molecule has 0 atom stereocenters. The van der Waals surface area contributed by atoms with E-state index in [0.29, 0.717) is 4.90 Å². The van der Waals surface area contributed by atoms with E-state index in [1.165, 1.54) is 13.8 Å². The summed E-state index contributed by atoms with van der Waals surface area (Å²) >= 11 is 0. The average molecular weight is 283 g/mol. The quantitative estimate of drug-likeness (QED) is 0.793. The minimum atomic E-state index is -4.95. The molecule has 0 spiro atoms. The van der Waals surface area contributed by atoms with Gasteiger partial charge in [-0.3, -0.25) is 9.59 Å². The first kappa shape index (κ1) is 15.7. The van der Waals surface area contributed by atoms with Crippen LogP contribution in [0.1, 0.15) is 26.7 Å². The lowest BCUT2D eigenvalue weighted by atomic mass is 9.69. The number of hydrogen-bond acceptors (Lipinski definition) is 3. The molecule has 0 unspecified atom stereocenters. The molecular formula is C11H16F3NO4. The highest BCUT2D eigenvalue weighted by atomic mass is 19.4. The molecule has 0 saturated carbocycles. The topological polar surface area (TPSA) is 77.8 Å². The van der Waals surface area contributed by atoms with Crippen molar-refractivity contribution < 1.29 is 33.0 Å². The minimum Gasteiger partial charge on any atom is -0.481 e. The molecule has 1 amide bonds. The van der Waals surface area contributed by atoms with Crippen molar-refractivity contribution >= 4 is 11.9 Å². The van der Waals surface area contributed by atoms with E-state index in [1.54, 1.807) is 0 Å². The lowest BCUT2D eigenvalue weighted by Gasteiger charge is -2.45. The summed E-state index contributed by atoms with van der Waals surface area (Å²) < 4.78 is 36.7. The summed E-state index contributed by atoms with van der Waals surface area (Å²) in [5.41, 5.74) is -3.11. The Hall–Kier alpha value is -1.31. The number of hydrogen-bond donors (Lipinski definition) is 2. The first-order chi connectivity index (χ1) is 8.42. The number of aliphatic hydroxyl groups is 1. The molecule has 2 N–H and O–H groups in total. The van der Waals surface area contributed by atoms with Crippen LogP contribution in [0.4, 0.5) is 13.2 Å². The Bertz CT molecular complexity index is 384. The maximum Gasteiger partial charge on any atom is 0.471 e. The summed E-state index contributed by atoms with van der Waals surface area (Å²) in [6.45, 7) is 2.00. The van der Waals surface area contributed by atoms with Crippen LogP contribution in [-0.2, 0) is 9.59 Å². The molecule has 0 aromatic carbocycles. The third-order valence-corrected chi connectivity index (χ3v) is 3.82. The highest BCUT2D eigenvalue weighted by Gasteiger charge is 2.52. The molecule has 1 aliphatic heterocycles. The number of carboxylic acid groups (broad SMARTS) is 1. The van der Waals surface area contributed by atoms with E-state index in [0.717, 1.165) is 0 Å². The molecule has 19 heavy (non-hydrogen) atoms. The van der Waals surface area contributed by atoms with Gasteiger partial charge in [-0.1, -0.05) is 0 Å². The summed E-state index contributed by atoms with van der Waals surface area (Å²) in [5.74, 6) is -3.19. The summed E-state index contributed by atoms with van der Waals surface area (Å²) in [4.78, 5) is 22.7. The molecule has 1 rings (SSSR count). The monoisotopic (exact) mass is 283 g/mol. The molecule has 5 nitrogen and oxygen atoms in total. The van der Waals surface area contributed by atoms with Crippen LogP contribution in [0.2, 0.25) is 0 Å². The van der Waals surface area contributed by atoms with Gasteiger partial charge in [-0.15, -0.1) is 0 Å². The van der Waals surface area contributed by atoms with Gasteiger partial charge in [0.25, 0.3) is 0 Å². The second-order valence-corrected chi connectivity index (χ2v) is 5.25. The van der Waals surface area contributed by atoms with Crippen molar-refractivity contribution in [3.8, 4) is 0 Å². The Balaban J connectivity index is 2.78. The van der Waals surface area contributed by atoms with Crippen molar-refractivity contribution in [2.45, 2.75) is 38.5 Å². The fourth-order valence-corrected chi connectivity index (χ4v) is 2.08. The summed E-state index contributed by atoms with van der Waals surface area (Å²) in [6.07, 6.45) is -5.35. The number of nitrogens with zero attached hydrogens (tertiary/aromatic N) is 1. The van der Waals surface area contributed by atoms with Gasteiger partial charge < -0.3 is 15.1 Å². The number of aliphatic carboxylic acids is 1. The van der Waals surface area contributed by atoms with Crippen molar-refractivity contribution in [3.05, 3.63) is 0 Å². The number of rotatable bonds is 2. The minimum absolute atomic E-state index is 0.200. The Morgan fingerprint density at radius 2 is 1.58 bits per heavy atom. The molecule has 8 heteroatoms. The molecule has 110 valence electrons. The Morgan fingerprint density at radius 1 is 1.16 bits per heavy atom. The number of carboxylic acids is 1. The second kappa shape index (κ2) is 4.66. The lowest BCUT2D eigenvalue weighted by molar-refractivity contribution is -0.193. The molecule has 0 radical (unpaired) electrons. The third-order valence-electron chi connectivity index (χ3n) is 3.82.